The van der Waals surface area contributed by atoms with E-state index in [-0.39, 0.29) is 30.0 Å². The van der Waals surface area contributed by atoms with Gasteiger partial charge in [-0.05, 0) is 49.4 Å². The number of ether oxygens (including phenoxy) is 1. The topological polar surface area (TPSA) is 109 Å². The summed E-state index contributed by atoms with van der Waals surface area (Å²) < 4.78 is 6.62. The number of imidazole rings is 1. The summed E-state index contributed by atoms with van der Waals surface area (Å²) in [6.45, 7) is 2.23. The first-order chi connectivity index (χ1) is 14.9. The minimum Gasteiger partial charge on any atom is -0.466 e. The molecule has 0 radical (unpaired) electrons. The Labute approximate surface area is 184 Å². The van der Waals surface area contributed by atoms with Crippen LogP contribution in [0.3, 0.4) is 0 Å². The molecule has 0 unspecified atom stereocenters. The van der Waals surface area contributed by atoms with Gasteiger partial charge in [-0.3, -0.25) is 9.59 Å². The van der Waals surface area contributed by atoms with E-state index in [0.29, 0.717) is 34.8 Å². The van der Waals surface area contributed by atoms with E-state index >= 15 is 0 Å². The average Bonchev–Trinajstić information content (AvgIpc) is 3.10. The maximum atomic E-state index is 12.4. The summed E-state index contributed by atoms with van der Waals surface area (Å²) in [6, 6.07) is 13.9. The fourth-order valence-electron chi connectivity index (χ4n) is 2.91. The summed E-state index contributed by atoms with van der Waals surface area (Å²) in [5.41, 5.74) is 2.92. The van der Waals surface area contributed by atoms with Crippen LogP contribution in [0.4, 0.5) is 5.69 Å². The van der Waals surface area contributed by atoms with Crippen molar-refractivity contribution < 1.29 is 14.3 Å². The van der Waals surface area contributed by atoms with Gasteiger partial charge in [-0.25, -0.2) is 9.98 Å². The quantitative estimate of drug-likeness (QED) is 0.449. The highest BCUT2D eigenvalue weighted by molar-refractivity contribution is 6.69. The number of amides is 1. The van der Waals surface area contributed by atoms with Gasteiger partial charge in [-0.1, -0.05) is 11.6 Å². The third-order valence-corrected chi connectivity index (χ3v) is 4.72. The maximum Gasteiger partial charge on any atom is 0.307 e. The fraction of sp³-hybridized carbons (Fsp3) is 0.227. The van der Waals surface area contributed by atoms with Crippen LogP contribution in [0.2, 0.25) is 0 Å². The lowest BCUT2D eigenvalue weighted by molar-refractivity contribution is -0.142. The molecular formula is C22H20ClN5O3. The molecule has 1 aromatic heterocycles. The lowest BCUT2D eigenvalue weighted by atomic mass is 10.2. The van der Waals surface area contributed by atoms with Crippen LogP contribution >= 0.6 is 11.6 Å². The van der Waals surface area contributed by atoms with E-state index in [1.807, 2.05) is 0 Å². The molecule has 0 saturated carbocycles. The van der Waals surface area contributed by atoms with Crippen molar-refractivity contribution in [1.82, 2.24) is 14.9 Å². The van der Waals surface area contributed by atoms with Crippen LogP contribution in [0.15, 0.2) is 47.5 Å². The van der Waals surface area contributed by atoms with Crippen molar-refractivity contribution in [3.8, 4) is 6.07 Å². The molecule has 1 heterocycles. The lowest BCUT2D eigenvalue weighted by Gasteiger charge is -2.05. The molecule has 0 fully saturated rings. The van der Waals surface area contributed by atoms with Gasteiger partial charge in [0.25, 0.3) is 5.91 Å². The van der Waals surface area contributed by atoms with Crippen LogP contribution in [-0.4, -0.2) is 39.8 Å². The third-order valence-electron chi connectivity index (χ3n) is 4.47. The van der Waals surface area contributed by atoms with E-state index in [9.17, 15) is 9.59 Å². The standard InChI is InChI=1S/C22H20ClN5O3/c1-3-31-19(29)10-11-25-22(30)15-6-9-18-17(12-15)27-21(28(18)2)20(23)26-16-7-4-14(13-24)5-8-16/h4-9,12H,3,10-11H2,1-2H3,(H,25,30). The number of aryl methyl sites for hydroxylation is 1. The van der Waals surface area contributed by atoms with E-state index in [2.05, 4.69) is 21.4 Å². The molecule has 1 amide bonds. The number of fused-ring (bicyclic) bond motifs is 1. The van der Waals surface area contributed by atoms with Gasteiger partial charge in [0.2, 0.25) is 0 Å². The van der Waals surface area contributed by atoms with Crippen molar-refractivity contribution in [3.05, 3.63) is 59.4 Å². The number of nitrogens with zero attached hydrogens (tertiary/aromatic N) is 4. The number of halogens is 1. The van der Waals surface area contributed by atoms with Crippen LogP contribution in [0, 0.1) is 11.3 Å². The highest BCUT2D eigenvalue weighted by Crippen LogP contribution is 2.21. The minimum absolute atomic E-state index is 0.108. The molecular weight excluding hydrogens is 418 g/mol. The number of carbonyl (C=O) groups is 2. The summed E-state index contributed by atoms with van der Waals surface area (Å²) in [5, 5.41) is 11.8. The number of nitriles is 1. The van der Waals surface area contributed by atoms with Crippen LogP contribution < -0.4 is 5.32 Å². The Kier molecular flexibility index (Phi) is 7.00. The smallest absolute Gasteiger partial charge is 0.307 e. The lowest BCUT2D eigenvalue weighted by Crippen LogP contribution is -2.26. The number of aliphatic imine (C=N–C) groups is 1. The van der Waals surface area contributed by atoms with Crippen LogP contribution in [0.1, 0.15) is 35.1 Å². The fourth-order valence-corrected chi connectivity index (χ4v) is 3.18. The Morgan fingerprint density at radius 3 is 2.68 bits per heavy atom. The van der Waals surface area contributed by atoms with Crippen LogP contribution in [-0.2, 0) is 16.6 Å². The molecule has 0 aliphatic heterocycles. The molecule has 0 spiro atoms. The molecule has 3 aromatic rings. The molecule has 0 bridgehead atoms. The Morgan fingerprint density at radius 1 is 1.26 bits per heavy atom. The first-order valence-corrected chi connectivity index (χ1v) is 9.95. The Bertz CT molecular complexity index is 1190. The summed E-state index contributed by atoms with van der Waals surface area (Å²) in [6.07, 6.45) is 0.108. The third kappa shape index (κ3) is 5.27. The largest absolute Gasteiger partial charge is 0.466 e. The summed E-state index contributed by atoms with van der Waals surface area (Å²) >= 11 is 6.40. The molecule has 0 atom stereocenters. The molecule has 0 aliphatic rings. The Balaban J connectivity index is 1.78. The number of carbonyl (C=O) groups excluding carboxylic acids is 2. The second-order valence-electron chi connectivity index (χ2n) is 6.57. The number of hydrogen-bond acceptors (Lipinski definition) is 6. The first-order valence-electron chi connectivity index (χ1n) is 9.58. The first kappa shape index (κ1) is 22.0. The monoisotopic (exact) mass is 437 g/mol. The molecule has 31 heavy (non-hydrogen) atoms. The summed E-state index contributed by atoms with van der Waals surface area (Å²) in [7, 11) is 1.81. The van der Waals surface area contributed by atoms with E-state index in [1.165, 1.54) is 0 Å². The van der Waals surface area contributed by atoms with E-state index < -0.39 is 0 Å². The van der Waals surface area contributed by atoms with Crippen molar-refractivity contribution >= 4 is 45.4 Å². The summed E-state index contributed by atoms with van der Waals surface area (Å²) in [5.74, 6) is -0.222. The van der Waals surface area contributed by atoms with Crippen LogP contribution in [0.25, 0.3) is 11.0 Å². The second kappa shape index (κ2) is 9.87. The number of esters is 1. The molecule has 3 rings (SSSR count). The zero-order chi connectivity index (χ0) is 22.4. The minimum atomic E-state index is -0.358. The van der Waals surface area contributed by atoms with E-state index in [4.69, 9.17) is 21.6 Å². The average molecular weight is 438 g/mol. The Morgan fingerprint density at radius 2 is 2.00 bits per heavy atom. The van der Waals surface area contributed by atoms with Crippen molar-refractivity contribution in [2.45, 2.75) is 13.3 Å². The maximum absolute atomic E-state index is 12.4. The van der Waals surface area contributed by atoms with Gasteiger partial charge < -0.3 is 14.6 Å². The predicted octanol–water partition coefficient (Wildman–Crippen LogP) is 3.45. The molecule has 2 aromatic carbocycles. The van der Waals surface area contributed by atoms with Gasteiger partial charge in [0.15, 0.2) is 11.0 Å². The van der Waals surface area contributed by atoms with Gasteiger partial charge in [0, 0.05) is 19.2 Å². The number of nitrogens with one attached hydrogen (secondary N) is 1. The molecule has 9 heteroatoms. The van der Waals surface area contributed by atoms with Gasteiger partial charge in [0.1, 0.15) is 0 Å². The number of hydrogen-bond donors (Lipinski definition) is 1. The second-order valence-corrected chi connectivity index (χ2v) is 6.93. The number of benzene rings is 2. The van der Waals surface area contributed by atoms with Gasteiger partial charge >= 0.3 is 5.97 Å². The highest BCUT2D eigenvalue weighted by Gasteiger charge is 2.15. The van der Waals surface area contributed by atoms with Crippen molar-refractivity contribution in [2.75, 3.05) is 13.2 Å². The predicted molar refractivity (Wildman–Crippen MR) is 118 cm³/mol. The van der Waals surface area contributed by atoms with E-state index in [1.54, 1.807) is 61.0 Å². The van der Waals surface area contributed by atoms with Crippen molar-refractivity contribution in [3.63, 3.8) is 0 Å². The van der Waals surface area contributed by atoms with Crippen molar-refractivity contribution in [2.24, 2.45) is 12.0 Å². The number of rotatable bonds is 7. The van der Waals surface area contributed by atoms with Crippen LogP contribution in [0.5, 0.6) is 0 Å². The molecule has 0 aliphatic carbocycles. The van der Waals surface area contributed by atoms with Gasteiger partial charge in [-0.2, -0.15) is 5.26 Å². The summed E-state index contributed by atoms with van der Waals surface area (Å²) in [4.78, 5) is 32.6. The number of aromatic nitrogens is 2. The zero-order valence-electron chi connectivity index (χ0n) is 17.1. The zero-order valence-corrected chi connectivity index (χ0v) is 17.8. The SMILES string of the molecule is CCOC(=O)CCNC(=O)c1ccc2c(c1)nc(C(Cl)=Nc1ccc(C#N)cc1)n2C. The Hall–Kier alpha value is -3.70. The molecule has 0 saturated heterocycles. The van der Waals surface area contributed by atoms with Gasteiger partial charge in [-0.15, -0.1) is 0 Å². The molecule has 1 N–H and O–H groups in total. The highest BCUT2D eigenvalue weighted by atomic mass is 35.5. The molecule has 8 nitrogen and oxygen atoms in total. The van der Waals surface area contributed by atoms with Crippen molar-refractivity contribution in [1.29, 1.82) is 5.26 Å². The normalized spacial score (nSPS) is 11.2. The molecule has 158 valence electrons. The van der Waals surface area contributed by atoms with E-state index in [0.717, 1.165) is 5.52 Å². The van der Waals surface area contributed by atoms with Gasteiger partial charge in [0.05, 0.1) is 41.4 Å².